The number of nitrogens with one attached hydrogen (secondary N) is 1. The standard InChI is InChI=1S/C20H21ClN6O3/c1-22-15-7-4-11(8-14(15)21)10-27-18(29)16-17(26(3)20(27)30)24-19(25(16)2)23-12-5-6-13(28)9-12/h4,7-8,12-13,28H,5-6,9-10H2,2-3H3,(H,23,24)/t12-,13-/m1/s1. The molecule has 156 valence electrons. The quantitative estimate of drug-likeness (QED) is 0.619. The van der Waals surface area contributed by atoms with Gasteiger partial charge in [0.15, 0.2) is 11.2 Å². The Morgan fingerprint density at radius 3 is 2.70 bits per heavy atom. The molecule has 4 rings (SSSR count). The highest BCUT2D eigenvalue weighted by molar-refractivity contribution is 6.33. The highest BCUT2D eigenvalue weighted by Gasteiger charge is 2.25. The van der Waals surface area contributed by atoms with Crippen molar-refractivity contribution in [2.24, 2.45) is 14.1 Å². The summed E-state index contributed by atoms with van der Waals surface area (Å²) in [6.07, 6.45) is 1.82. The lowest BCUT2D eigenvalue weighted by Crippen LogP contribution is -2.39. The van der Waals surface area contributed by atoms with Crippen LogP contribution >= 0.6 is 11.6 Å². The van der Waals surface area contributed by atoms with Gasteiger partial charge in [0, 0.05) is 25.2 Å². The van der Waals surface area contributed by atoms with E-state index < -0.39 is 11.2 Å². The van der Waals surface area contributed by atoms with Gasteiger partial charge in [-0.15, -0.1) is 0 Å². The van der Waals surface area contributed by atoms with Crippen molar-refractivity contribution < 1.29 is 5.11 Å². The molecule has 3 aromatic rings. The van der Waals surface area contributed by atoms with Crippen molar-refractivity contribution in [2.45, 2.75) is 38.0 Å². The van der Waals surface area contributed by atoms with Crippen LogP contribution in [0.25, 0.3) is 16.0 Å². The maximum Gasteiger partial charge on any atom is 0.332 e. The van der Waals surface area contributed by atoms with Gasteiger partial charge >= 0.3 is 5.69 Å². The lowest BCUT2D eigenvalue weighted by molar-refractivity contribution is 0.182. The molecule has 2 heterocycles. The van der Waals surface area contributed by atoms with Gasteiger partial charge in [-0.25, -0.2) is 9.64 Å². The second-order valence-corrected chi connectivity index (χ2v) is 8.01. The van der Waals surface area contributed by atoms with E-state index in [4.69, 9.17) is 18.2 Å². The van der Waals surface area contributed by atoms with Gasteiger partial charge in [0.25, 0.3) is 5.56 Å². The second-order valence-electron chi connectivity index (χ2n) is 7.61. The van der Waals surface area contributed by atoms with Crippen LogP contribution in [0.3, 0.4) is 0 Å². The third-order valence-electron chi connectivity index (χ3n) is 5.57. The summed E-state index contributed by atoms with van der Waals surface area (Å²) in [6.45, 7) is 7.11. The molecule has 9 nitrogen and oxygen atoms in total. The molecular weight excluding hydrogens is 408 g/mol. The number of aliphatic hydroxyl groups is 1. The topological polar surface area (TPSA) is 98.4 Å². The van der Waals surface area contributed by atoms with Crippen LogP contribution in [0.4, 0.5) is 11.6 Å². The van der Waals surface area contributed by atoms with Gasteiger partial charge in [0.2, 0.25) is 11.6 Å². The van der Waals surface area contributed by atoms with E-state index in [9.17, 15) is 14.7 Å². The van der Waals surface area contributed by atoms with Crippen molar-refractivity contribution in [3.8, 4) is 0 Å². The Hall–Kier alpha value is -3.09. The zero-order valence-electron chi connectivity index (χ0n) is 16.6. The smallest absolute Gasteiger partial charge is 0.332 e. The van der Waals surface area contributed by atoms with Gasteiger partial charge in [0.1, 0.15) is 0 Å². The van der Waals surface area contributed by atoms with E-state index in [1.807, 2.05) is 0 Å². The van der Waals surface area contributed by atoms with E-state index in [0.717, 1.165) is 17.4 Å². The first-order valence-corrected chi connectivity index (χ1v) is 9.94. The molecule has 1 aliphatic rings. The molecule has 0 radical (unpaired) electrons. The summed E-state index contributed by atoms with van der Waals surface area (Å²) >= 11 is 6.10. The Balaban J connectivity index is 1.77. The number of anilines is 1. The third kappa shape index (κ3) is 3.38. The van der Waals surface area contributed by atoms with Crippen LogP contribution in [0, 0.1) is 6.57 Å². The molecule has 2 aromatic heterocycles. The molecule has 30 heavy (non-hydrogen) atoms. The van der Waals surface area contributed by atoms with E-state index in [1.54, 1.807) is 36.9 Å². The molecule has 0 amide bonds. The molecule has 1 aromatic carbocycles. The summed E-state index contributed by atoms with van der Waals surface area (Å²) in [5.41, 5.74) is 0.627. The van der Waals surface area contributed by atoms with Crippen LogP contribution in [-0.2, 0) is 20.6 Å². The van der Waals surface area contributed by atoms with Crippen LogP contribution in [0.15, 0.2) is 27.8 Å². The molecular formula is C20H21ClN6O3. The van der Waals surface area contributed by atoms with Crippen molar-refractivity contribution in [2.75, 3.05) is 5.32 Å². The molecule has 0 unspecified atom stereocenters. The fourth-order valence-corrected chi connectivity index (χ4v) is 4.15. The maximum atomic E-state index is 13.2. The SMILES string of the molecule is [C-]#[N+]c1ccc(Cn2c(=O)c3c(nc(N[C@@H]4CC[C@@H](O)C4)n3C)n(C)c2=O)cc1Cl. The average molecular weight is 429 g/mol. The molecule has 1 fully saturated rings. The summed E-state index contributed by atoms with van der Waals surface area (Å²) in [5, 5.41) is 13.3. The lowest BCUT2D eigenvalue weighted by atomic mass is 10.2. The molecule has 0 bridgehead atoms. The van der Waals surface area contributed by atoms with E-state index in [-0.39, 0.29) is 23.7 Å². The number of aliphatic hydroxyl groups excluding tert-OH is 1. The second kappa shape index (κ2) is 7.63. The number of rotatable bonds is 4. The number of aromatic nitrogens is 4. The highest BCUT2D eigenvalue weighted by atomic mass is 35.5. The predicted molar refractivity (Wildman–Crippen MR) is 114 cm³/mol. The van der Waals surface area contributed by atoms with Crippen LogP contribution in [0.1, 0.15) is 24.8 Å². The van der Waals surface area contributed by atoms with Gasteiger partial charge in [-0.2, -0.15) is 4.98 Å². The van der Waals surface area contributed by atoms with Crippen molar-refractivity contribution in [3.63, 3.8) is 0 Å². The minimum atomic E-state index is -0.487. The zero-order valence-corrected chi connectivity index (χ0v) is 17.3. The van der Waals surface area contributed by atoms with Gasteiger partial charge in [0.05, 0.1) is 19.2 Å². The molecule has 1 saturated carbocycles. The monoisotopic (exact) mass is 428 g/mol. The van der Waals surface area contributed by atoms with Crippen molar-refractivity contribution in [3.05, 3.63) is 61.0 Å². The van der Waals surface area contributed by atoms with Crippen LogP contribution in [-0.4, -0.2) is 35.9 Å². The van der Waals surface area contributed by atoms with Crippen LogP contribution in [0.2, 0.25) is 5.02 Å². The third-order valence-corrected chi connectivity index (χ3v) is 5.87. The van der Waals surface area contributed by atoms with Crippen molar-refractivity contribution in [1.82, 2.24) is 18.7 Å². The van der Waals surface area contributed by atoms with Gasteiger partial charge in [-0.3, -0.25) is 13.9 Å². The zero-order chi connectivity index (χ0) is 21.6. The van der Waals surface area contributed by atoms with Gasteiger partial charge in [-0.05, 0) is 30.9 Å². The van der Waals surface area contributed by atoms with Crippen molar-refractivity contribution in [1.29, 1.82) is 0 Å². The largest absolute Gasteiger partial charge is 0.393 e. The summed E-state index contributed by atoms with van der Waals surface area (Å²) in [4.78, 5) is 33.8. The number of fused-ring (bicyclic) bond motifs is 1. The summed E-state index contributed by atoms with van der Waals surface area (Å²) < 4.78 is 4.13. The van der Waals surface area contributed by atoms with E-state index in [0.29, 0.717) is 34.8 Å². The normalized spacial score (nSPS) is 18.6. The van der Waals surface area contributed by atoms with Crippen LogP contribution < -0.4 is 16.6 Å². The lowest BCUT2D eigenvalue weighted by Gasteiger charge is -2.12. The van der Waals surface area contributed by atoms with Crippen LogP contribution in [0.5, 0.6) is 0 Å². The summed E-state index contributed by atoms with van der Waals surface area (Å²) in [5.74, 6) is 0.485. The first kappa shape index (κ1) is 20.2. The molecule has 2 N–H and O–H groups in total. The minimum absolute atomic E-state index is 0.0300. The molecule has 10 heteroatoms. The summed E-state index contributed by atoms with van der Waals surface area (Å²) in [6, 6.07) is 4.91. The van der Waals surface area contributed by atoms with E-state index >= 15 is 0 Å². The first-order valence-electron chi connectivity index (χ1n) is 9.57. The Labute approximate surface area is 177 Å². The Morgan fingerprint density at radius 1 is 1.30 bits per heavy atom. The Morgan fingerprint density at radius 2 is 2.07 bits per heavy atom. The number of nitrogens with zero attached hydrogens (tertiary/aromatic N) is 5. The first-order chi connectivity index (χ1) is 14.3. The van der Waals surface area contributed by atoms with Crippen molar-refractivity contribution >= 4 is 34.4 Å². The number of hydrogen-bond acceptors (Lipinski definition) is 5. The fourth-order valence-electron chi connectivity index (χ4n) is 3.91. The van der Waals surface area contributed by atoms with E-state index in [2.05, 4.69) is 15.1 Å². The minimum Gasteiger partial charge on any atom is -0.393 e. The number of aryl methyl sites for hydroxylation is 2. The molecule has 0 aliphatic heterocycles. The average Bonchev–Trinajstić information content (AvgIpc) is 3.27. The maximum absolute atomic E-state index is 13.2. The Bertz CT molecular complexity index is 1300. The predicted octanol–water partition coefficient (Wildman–Crippen LogP) is 2.01. The summed E-state index contributed by atoms with van der Waals surface area (Å²) in [7, 11) is 3.30. The van der Waals surface area contributed by atoms with Gasteiger partial charge in [-0.1, -0.05) is 23.7 Å². The molecule has 0 spiro atoms. The molecule has 2 atom stereocenters. The van der Waals surface area contributed by atoms with Gasteiger partial charge < -0.3 is 15.0 Å². The molecule has 1 aliphatic carbocycles. The molecule has 0 saturated heterocycles. The number of benzene rings is 1. The number of imidazole rings is 1. The van der Waals surface area contributed by atoms with E-state index in [1.165, 1.54) is 4.57 Å². The fraction of sp³-hybridized carbons (Fsp3) is 0.400. The number of halogens is 1. The Kier molecular flexibility index (Phi) is 5.13. The number of hydrogen-bond donors (Lipinski definition) is 2. The highest BCUT2D eigenvalue weighted by Crippen LogP contribution is 2.26.